The maximum absolute atomic E-state index is 6.05. The van der Waals surface area contributed by atoms with E-state index in [9.17, 15) is 0 Å². The van der Waals surface area contributed by atoms with E-state index in [4.69, 9.17) is 10.5 Å². The SMILES string of the molecule is COc1ccc(N(C)CCN2CCCC2)c(N)c1. The van der Waals surface area contributed by atoms with Gasteiger partial charge in [-0.05, 0) is 38.1 Å². The molecule has 1 aliphatic rings. The first-order valence-electron chi connectivity index (χ1n) is 6.57. The molecule has 0 unspecified atom stereocenters. The van der Waals surface area contributed by atoms with Crippen LogP contribution in [0.4, 0.5) is 11.4 Å². The second-order valence-electron chi connectivity index (χ2n) is 4.90. The first-order valence-corrected chi connectivity index (χ1v) is 6.57. The largest absolute Gasteiger partial charge is 0.497 e. The number of methoxy groups -OCH3 is 1. The van der Waals surface area contributed by atoms with Crippen LogP contribution in [0.15, 0.2) is 18.2 Å². The normalized spacial score (nSPS) is 15.9. The number of hydrogen-bond donors (Lipinski definition) is 1. The zero-order valence-electron chi connectivity index (χ0n) is 11.4. The molecule has 1 heterocycles. The molecule has 18 heavy (non-hydrogen) atoms. The van der Waals surface area contributed by atoms with Gasteiger partial charge < -0.3 is 20.3 Å². The molecule has 1 fully saturated rings. The Bertz CT molecular complexity index is 389. The van der Waals surface area contributed by atoms with Crippen LogP contribution in [0, 0.1) is 0 Å². The summed E-state index contributed by atoms with van der Waals surface area (Å²) in [6.45, 7) is 4.61. The number of hydrogen-bond acceptors (Lipinski definition) is 4. The lowest BCUT2D eigenvalue weighted by atomic mass is 10.2. The monoisotopic (exact) mass is 249 g/mol. The molecule has 4 nitrogen and oxygen atoms in total. The van der Waals surface area contributed by atoms with Gasteiger partial charge >= 0.3 is 0 Å². The number of nitrogen functional groups attached to an aromatic ring is 1. The van der Waals surface area contributed by atoms with Gasteiger partial charge in [0.15, 0.2) is 0 Å². The zero-order chi connectivity index (χ0) is 13.0. The van der Waals surface area contributed by atoms with Gasteiger partial charge in [0.05, 0.1) is 18.5 Å². The third-order valence-corrected chi connectivity index (χ3v) is 3.60. The lowest BCUT2D eigenvalue weighted by Crippen LogP contribution is -2.31. The average Bonchev–Trinajstić information content (AvgIpc) is 2.88. The maximum Gasteiger partial charge on any atom is 0.121 e. The molecule has 1 aromatic rings. The van der Waals surface area contributed by atoms with Crippen molar-refractivity contribution < 1.29 is 4.74 Å². The van der Waals surface area contributed by atoms with Crippen LogP contribution in [0.25, 0.3) is 0 Å². The molecule has 0 bridgehead atoms. The molecule has 0 radical (unpaired) electrons. The third kappa shape index (κ3) is 3.07. The van der Waals surface area contributed by atoms with Gasteiger partial charge in [0.1, 0.15) is 5.75 Å². The van der Waals surface area contributed by atoms with E-state index >= 15 is 0 Å². The van der Waals surface area contributed by atoms with Crippen molar-refractivity contribution in [1.29, 1.82) is 0 Å². The number of rotatable bonds is 5. The van der Waals surface area contributed by atoms with Crippen LogP contribution in [0.2, 0.25) is 0 Å². The van der Waals surface area contributed by atoms with Crippen LogP contribution in [0.5, 0.6) is 5.75 Å². The Morgan fingerprint density at radius 1 is 1.33 bits per heavy atom. The summed E-state index contributed by atoms with van der Waals surface area (Å²) in [7, 11) is 3.75. The molecular formula is C14H23N3O. The summed E-state index contributed by atoms with van der Waals surface area (Å²) in [5.41, 5.74) is 7.90. The fraction of sp³-hybridized carbons (Fsp3) is 0.571. The summed E-state index contributed by atoms with van der Waals surface area (Å²) in [5.74, 6) is 0.809. The lowest BCUT2D eigenvalue weighted by molar-refractivity contribution is 0.346. The predicted octanol–water partition coefficient (Wildman–Crippen LogP) is 1.81. The number of likely N-dealkylation sites (N-methyl/N-ethyl adjacent to an activating group) is 1. The van der Waals surface area contributed by atoms with Crippen LogP contribution in [-0.4, -0.2) is 45.2 Å². The van der Waals surface area contributed by atoms with Gasteiger partial charge in [-0.3, -0.25) is 0 Å². The Kier molecular flexibility index (Phi) is 4.31. The van der Waals surface area contributed by atoms with Crippen LogP contribution in [0.3, 0.4) is 0 Å². The van der Waals surface area contributed by atoms with E-state index < -0.39 is 0 Å². The number of ether oxygens (including phenoxy) is 1. The fourth-order valence-corrected chi connectivity index (χ4v) is 2.43. The summed E-state index contributed by atoms with van der Waals surface area (Å²) >= 11 is 0. The predicted molar refractivity (Wildman–Crippen MR) is 76.4 cm³/mol. The number of nitrogens with two attached hydrogens (primary N) is 1. The Hall–Kier alpha value is -1.42. The standard InChI is InChI=1S/C14H23N3O/c1-16(9-10-17-7-3-4-8-17)14-6-5-12(18-2)11-13(14)15/h5-6,11H,3-4,7-10,15H2,1-2H3. The summed E-state index contributed by atoms with van der Waals surface area (Å²) in [6, 6.07) is 5.86. The zero-order valence-corrected chi connectivity index (χ0v) is 11.4. The minimum absolute atomic E-state index is 0.776. The minimum atomic E-state index is 0.776. The Morgan fingerprint density at radius 3 is 2.67 bits per heavy atom. The molecule has 0 saturated carbocycles. The molecule has 2 N–H and O–H groups in total. The van der Waals surface area contributed by atoms with Gasteiger partial charge in [-0.1, -0.05) is 0 Å². The Morgan fingerprint density at radius 2 is 2.06 bits per heavy atom. The van der Waals surface area contributed by atoms with Gasteiger partial charge in [-0.2, -0.15) is 0 Å². The minimum Gasteiger partial charge on any atom is -0.497 e. The molecule has 1 aliphatic heterocycles. The van der Waals surface area contributed by atoms with E-state index in [1.54, 1.807) is 7.11 Å². The molecule has 1 aromatic carbocycles. The first kappa shape index (κ1) is 13.0. The third-order valence-electron chi connectivity index (χ3n) is 3.60. The number of nitrogens with zero attached hydrogens (tertiary/aromatic N) is 2. The Balaban J connectivity index is 1.93. The summed E-state index contributed by atoms with van der Waals surface area (Å²) in [6.07, 6.45) is 2.68. The highest BCUT2D eigenvalue weighted by Gasteiger charge is 2.13. The van der Waals surface area contributed by atoms with Gasteiger partial charge in [0.2, 0.25) is 0 Å². The van der Waals surface area contributed by atoms with Crippen molar-refractivity contribution in [3.8, 4) is 5.75 Å². The lowest BCUT2D eigenvalue weighted by Gasteiger charge is -2.24. The van der Waals surface area contributed by atoms with E-state index in [0.29, 0.717) is 0 Å². The van der Waals surface area contributed by atoms with Crippen molar-refractivity contribution >= 4 is 11.4 Å². The molecule has 2 rings (SSSR count). The average molecular weight is 249 g/mol. The quantitative estimate of drug-likeness (QED) is 0.808. The highest BCUT2D eigenvalue weighted by atomic mass is 16.5. The van der Waals surface area contributed by atoms with Crippen molar-refractivity contribution in [2.24, 2.45) is 0 Å². The first-order chi connectivity index (χ1) is 8.70. The van der Waals surface area contributed by atoms with Crippen LogP contribution in [-0.2, 0) is 0 Å². The molecule has 0 aliphatic carbocycles. The fourth-order valence-electron chi connectivity index (χ4n) is 2.43. The maximum atomic E-state index is 6.05. The summed E-state index contributed by atoms with van der Waals surface area (Å²) in [5, 5.41) is 0. The van der Waals surface area contributed by atoms with Crippen molar-refractivity contribution in [3.63, 3.8) is 0 Å². The molecule has 4 heteroatoms. The van der Waals surface area contributed by atoms with E-state index in [0.717, 1.165) is 30.2 Å². The number of anilines is 2. The number of benzene rings is 1. The van der Waals surface area contributed by atoms with E-state index in [2.05, 4.69) is 16.8 Å². The molecule has 0 aromatic heterocycles. The van der Waals surface area contributed by atoms with Crippen molar-refractivity contribution in [1.82, 2.24) is 4.90 Å². The summed E-state index contributed by atoms with van der Waals surface area (Å²) < 4.78 is 5.16. The van der Waals surface area contributed by atoms with Gasteiger partial charge in [-0.15, -0.1) is 0 Å². The van der Waals surface area contributed by atoms with Crippen LogP contribution >= 0.6 is 0 Å². The molecular weight excluding hydrogens is 226 g/mol. The number of likely N-dealkylation sites (tertiary alicyclic amines) is 1. The highest BCUT2D eigenvalue weighted by Crippen LogP contribution is 2.26. The molecule has 0 amide bonds. The topological polar surface area (TPSA) is 41.7 Å². The molecule has 0 spiro atoms. The molecule has 0 atom stereocenters. The van der Waals surface area contributed by atoms with Gasteiger partial charge in [-0.25, -0.2) is 0 Å². The van der Waals surface area contributed by atoms with E-state index in [1.807, 2.05) is 18.2 Å². The second kappa shape index (κ2) is 5.96. The van der Waals surface area contributed by atoms with Crippen molar-refractivity contribution in [3.05, 3.63) is 18.2 Å². The molecule has 100 valence electrons. The van der Waals surface area contributed by atoms with Crippen LogP contribution < -0.4 is 15.4 Å². The second-order valence-corrected chi connectivity index (χ2v) is 4.90. The Labute approximate surface area is 109 Å². The van der Waals surface area contributed by atoms with E-state index in [-0.39, 0.29) is 0 Å². The van der Waals surface area contributed by atoms with Crippen molar-refractivity contribution in [2.45, 2.75) is 12.8 Å². The van der Waals surface area contributed by atoms with Crippen LogP contribution in [0.1, 0.15) is 12.8 Å². The van der Waals surface area contributed by atoms with E-state index in [1.165, 1.54) is 25.9 Å². The molecule has 1 saturated heterocycles. The highest BCUT2D eigenvalue weighted by molar-refractivity contribution is 5.69. The smallest absolute Gasteiger partial charge is 0.121 e. The van der Waals surface area contributed by atoms with Gasteiger partial charge in [0.25, 0.3) is 0 Å². The summed E-state index contributed by atoms with van der Waals surface area (Å²) in [4.78, 5) is 4.73. The van der Waals surface area contributed by atoms with Gasteiger partial charge in [0, 0.05) is 26.2 Å². The van der Waals surface area contributed by atoms with Crippen molar-refractivity contribution in [2.75, 3.05) is 51.0 Å².